The van der Waals surface area contributed by atoms with Crippen molar-refractivity contribution in [1.82, 2.24) is 5.32 Å². The minimum Gasteiger partial charge on any atom is -0.350 e. The van der Waals surface area contributed by atoms with Crippen LogP contribution in [0.1, 0.15) is 61.5 Å². The fourth-order valence-corrected chi connectivity index (χ4v) is 5.11. The average Bonchev–Trinajstić information content (AvgIpc) is 2.87. The second-order valence-electron chi connectivity index (χ2n) is 9.45. The van der Waals surface area contributed by atoms with Crippen LogP contribution in [0.2, 0.25) is 0 Å². The SMILES string of the molecule is CC[C@@H](C)NC(=O)c1ccccc1NC(=O)CN(c1ccc(C(C)C)cc1)S(=O)(=O)c1ccc(C)cc1. The third kappa shape index (κ3) is 6.98. The van der Waals surface area contributed by atoms with E-state index < -0.39 is 22.5 Å². The molecule has 0 fully saturated rings. The average molecular weight is 522 g/mol. The number of anilines is 2. The Bertz CT molecular complexity index is 1330. The lowest BCUT2D eigenvalue weighted by Crippen LogP contribution is -2.38. The van der Waals surface area contributed by atoms with Gasteiger partial charge in [0.25, 0.3) is 15.9 Å². The van der Waals surface area contributed by atoms with Crippen LogP contribution in [0.15, 0.2) is 77.7 Å². The summed E-state index contributed by atoms with van der Waals surface area (Å²) in [6, 6.07) is 20.3. The first kappa shape index (κ1) is 27.9. The maximum absolute atomic E-state index is 13.7. The molecule has 0 aliphatic heterocycles. The molecule has 2 N–H and O–H groups in total. The van der Waals surface area contributed by atoms with E-state index in [1.807, 2.05) is 32.9 Å². The Morgan fingerprint density at radius 2 is 1.51 bits per heavy atom. The summed E-state index contributed by atoms with van der Waals surface area (Å²) in [6.07, 6.45) is 0.766. The molecule has 3 aromatic carbocycles. The van der Waals surface area contributed by atoms with E-state index in [0.717, 1.165) is 21.9 Å². The summed E-state index contributed by atoms with van der Waals surface area (Å²) in [5.41, 5.74) is 2.99. The van der Waals surface area contributed by atoms with Crippen LogP contribution in [0.4, 0.5) is 11.4 Å². The van der Waals surface area contributed by atoms with Crippen molar-refractivity contribution >= 4 is 33.2 Å². The number of rotatable bonds is 10. The second kappa shape index (κ2) is 12.1. The Labute approximate surface area is 220 Å². The number of benzene rings is 3. The topological polar surface area (TPSA) is 95.6 Å². The van der Waals surface area contributed by atoms with Crippen molar-refractivity contribution < 1.29 is 18.0 Å². The molecule has 0 spiro atoms. The van der Waals surface area contributed by atoms with Gasteiger partial charge in [0.2, 0.25) is 5.91 Å². The van der Waals surface area contributed by atoms with Crippen molar-refractivity contribution in [2.24, 2.45) is 0 Å². The van der Waals surface area contributed by atoms with Gasteiger partial charge in [-0.15, -0.1) is 0 Å². The molecule has 0 aromatic heterocycles. The molecule has 0 heterocycles. The third-order valence-corrected chi connectivity index (χ3v) is 7.97. The maximum Gasteiger partial charge on any atom is 0.264 e. The number of hydrogen-bond donors (Lipinski definition) is 2. The van der Waals surface area contributed by atoms with E-state index in [9.17, 15) is 18.0 Å². The fourth-order valence-electron chi connectivity index (χ4n) is 3.69. The van der Waals surface area contributed by atoms with Crippen molar-refractivity contribution in [3.63, 3.8) is 0 Å². The molecule has 0 saturated carbocycles. The molecule has 196 valence electrons. The molecule has 37 heavy (non-hydrogen) atoms. The van der Waals surface area contributed by atoms with Crippen LogP contribution in [-0.4, -0.2) is 32.8 Å². The van der Waals surface area contributed by atoms with Crippen LogP contribution in [0.3, 0.4) is 0 Å². The molecule has 3 aromatic rings. The lowest BCUT2D eigenvalue weighted by molar-refractivity contribution is -0.114. The first-order chi connectivity index (χ1) is 17.5. The van der Waals surface area contributed by atoms with Crippen LogP contribution in [0.25, 0.3) is 0 Å². The van der Waals surface area contributed by atoms with Gasteiger partial charge in [-0.3, -0.25) is 13.9 Å². The zero-order valence-corrected chi connectivity index (χ0v) is 22.8. The molecule has 0 aliphatic rings. The van der Waals surface area contributed by atoms with Gasteiger partial charge in [-0.2, -0.15) is 0 Å². The van der Waals surface area contributed by atoms with Crippen molar-refractivity contribution in [2.75, 3.05) is 16.2 Å². The van der Waals surface area contributed by atoms with Crippen LogP contribution < -0.4 is 14.9 Å². The van der Waals surface area contributed by atoms with E-state index in [1.54, 1.807) is 48.5 Å². The van der Waals surface area contributed by atoms with Gasteiger partial charge in [0.15, 0.2) is 0 Å². The van der Waals surface area contributed by atoms with E-state index >= 15 is 0 Å². The van der Waals surface area contributed by atoms with Crippen LogP contribution >= 0.6 is 0 Å². The summed E-state index contributed by atoms with van der Waals surface area (Å²) in [5.74, 6) is -0.594. The predicted molar refractivity (Wildman–Crippen MR) is 149 cm³/mol. The Kier molecular flexibility index (Phi) is 9.10. The number of sulfonamides is 1. The van der Waals surface area contributed by atoms with E-state index in [-0.39, 0.29) is 22.8 Å². The maximum atomic E-state index is 13.7. The number of aryl methyl sites for hydroxylation is 1. The highest BCUT2D eigenvalue weighted by Gasteiger charge is 2.28. The summed E-state index contributed by atoms with van der Waals surface area (Å²) in [5, 5.41) is 5.63. The van der Waals surface area contributed by atoms with Crippen molar-refractivity contribution in [3.8, 4) is 0 Å². The molecule has 7 nitrogen and oxygen atoms in total. The van der Waals surface area contributed by atoms with Crippen molar-refractivity contribution in [2.45, 2.75) is 57.9 Å². The molecule has 0 radical (unpaired) electrons. The standard InChI is InChI=1S/C29H35N3O4S/c1-6-22(5)30-29(34)26-9-7-8-10-27(26)31-28(33)19-32(24-15-13-23(14-16-24)20(2)3)37(35,36)25-17-11-21(4)12-18-25/h7-18,20,22H,6,19H2,1-5H3,(H,30,34)(H,31,33)/t22-/m1/s1. The number of amides is 2. The number of nitrogens with one attached hydrogen (secondary N) is 2. The second-order valence-corrected chi connectivity index (χ2v) is 11.3. The zero-order chi connectivity index (χ0) is 27.2. The minimum absolute atomic E-state index is 0.0276. The van der Waals surface area contributed by atoms with E-state index in [1.165, 1.54) is 12.1 Å². The number of nitrogens with zero attached hydrogens (tertiary/aromatic N) is 1. The molecule has 1 atom stereocenters. The number of hydrogen-bond acceptors (Lipinski definition) is 4. The van der Waals surface area contributed by atoms with E-state index in [0.29, 0.717) is 16.9 Å². The molecule has 3 rings (SSSR count). The molecular weight excluding hydrogens is 486 g/mol. The molecular formula is C29H35N3O4S. The Morgan fingerprint density at radius 1 is 0.892 bits per heavy atom. The van der Waals surface area contributed by atoms with E-state index in [2.05, 4.69) is 24.5 Å². The predicted octanol–water partition coefficient (Wildman–Crippen LogP) is 5.48. The van der Waals surface area contributed by atoms with Gasteiger partial charge >= 0.3 is 0 Å². The highest BCUT2D eigenvalue weighted by Crippen LogP contribution is 2.26. The van der Waals surface area contributed by atoms with Gasteiger partial charge in [0.1, 0.15) is 6.54 Å². The smallest absolute Gasteiger partial charge is 0.264 e. The summed E-state index contributed by atoms with van der Waals surface area (Å²) in [6.45, 7) is 9.39. The third-order valence-electron chi connectivity index (χ3n) is 6.18. The number of carbonyl (C=O) groups is 2. The quantitative estimate of drug-likeness (QED) is 0.369. The fraction of sp³-hybridized carbons (Fsp3) is 0.310. The van der Waals surface area contributed by atoms with Crippen LogP contribution in [0.5, 0.6) is 0 Å². The normalized spacial score (nSPS) is 12.2. The lowest BCUT2D eigenvalue weighted by Gasteiger charge is -2.25. The van der Waals surface area contributed by atoms with Gasteiger partial charge < -0.3 is 10.6 Å². The van der Waals surface area contributed by atoms with Gasteiger partial charge in [0, 0.05) is 6.04 Å². The first-order valence-electron chi connectivity index (χ1n) is 12.4. The molecule has 0 unspecified atom stereocenters. The van der Waals surface area contributed by atoms with Gasteiger partial charge in [0.05, 0.1) is 21.8 Å². The lowest BCUT2D eigenvalue weighted by atomic mass is 10.0. The molecule has 2 amide bonds. The van der Waals surface area contributed by atoms with Gasteiger partial charge in [-0.1, -0.05) is 62.7 Å². The number of para-hydroxylation sites is 1. The van der Waals surface area contributed by atoms with E-state index in [4.69, 9.17) is 0 Å². The highest BCUT2D eigenvalue weighted by atomic mass is 32.2. The van der Waals surface area contributed by atoms with Gasteiger partial charge in [-0.25, -0.2) is 8.42 Å². The first-order valence-corrected chi connectivity index (χ1v) is 13.9. The molecule has 0 saturated heterocycles. The van der Waals surface area contributed by atoms with Crippen LogP contribution in [-0.2, 0) is 14.8 Å². The summed E-state index contributed by atoms with van der Waals surface area (Å²) >= 11 is 0. The number of carbonyl (C=O) groups excluding carboxylic acids is 2. The summed E-state index contributed by atoms with van der Waals surface area (Å²) in [4.78, 5) is 26.0. The van der Waals surface area contributed by atoms with Crippen molar-refractivity contribution in [1.29, 1.82) is 0 Å². The highest BCUT2D eigenvalue weighted by molar-refractivity contribution is 7.92. The van der Waals surface area contributed by atoms with Crippen molar-refractivity contribution in [3.05, 3.63) is 89.5 Å². The Morgan fingerprint density at radius 3 is 2.11 bits per heavy atom. The largest absolute Gasteiger partial charge is 0.350 e. The monoisotopic (exact) mass is 521 g/mol. The summed E-state index contributed by atoms with van der Waals surface area (Å²) < 4.78 is 28.4. The van der Waals surface area contributed by atoms with Crippen LogP contribution in [0, 0.1) is 6.92 Å². The van der Waals surface area contributed by atoms with Gasteiger partial charge in [-0.05, 0) is 68.1 Å². The molecule has 0 aliphatic carbocycles. The molecule has 0 bridgehead atoms. The Hall–Kier alpha value is -3.65. The summed E-state index contributed by atoms with van der Waals surface area (Å²) in [7, 11) is -4.04. The molecule has 8 heteroatoms. The zero-order valence-electron chi connectivity index (χ0n) is 22.0. The Balaban J connectivity index is 1.93. The minimum atomic E-state index is -4.04.